The maximum Gasteiger partial charge on any atom is 0.306 e. The Morgan fingerprint density at radius 2 is 1.70 bits per heavy atom. The smallest absolute Gasteiger partial charge is 0.306 e. The average Bonchev–Trinajstić information content (AvgIpc) is 3.30. The number of aryl methyl sites for hydroxylation is 3. The molecule has 4 aromatic rings. The zero-order valence-corrected chi connectivity index (χ0v) is 21.5. The number of fused-ring (bicyclic) bond motifs is 1. The first kappa shape index (κ1) is 25.1. The molecular weight excluding hydrogens is 462 g/mol. The molecule has 5 heteroatoms. The van der Waals surface area contributed by atoms with E-state index >= 15 is 0 Å². The zero-order chi connectivity index (χ0) is 25.5. The van der Waals surface area contributed by atoms with Gasteiger partial charge in [-0.3, -0.25) is 4.79 Å². The summed E-state index contributed by atoms with van der Waals surface area (Å²) in [5.41, 5.74) is 6.06. The molecule has 1 aromatic heterocycles. The van der Waals surface area contributed by atoms with Crippen molar-refractivity contribution in [2.24, 2.45) is 0 Å². The number of esters is 1. The SMILES string of the molecule is CCOC(=O)CCc1ccc2c(c1)c(CCc1ccccc1)cn2-c1ccc(OC2CCOCC2)cc1. The Kier molecular flexibility index (Phi) is 8.21. The van der Waals surface area contributed by atoms with Crippen molar-refractivity contribution in [3.05, 3.63) is 95.7 Å². The Hall–Kier alpha value is -3.57. The number of carbonyl (C=O) groups excluding carboxylic acids is 1. The van der Waals surface area contributed by atoms with Crippen LogP contribution in [0.5, 0.6) is 5.75 Å². The van der Waals surface area contributed by atoms with Crippen LogP contribution in [0.25, 0.3) is 16.6 Å². The lowest BCUT2D eigenvalue weighted by atomic mass is 10.0. The third-order valence-electron chi connectivity index (χ3n) is 6.99. The second-order valence-electron chi connectivity index (χ2n) is 9.59. The van der Waals surface area contributed by atoms with Crippen molar-refractivity contribution >= 4 is 16.9 Å². The lowest BCUT2D eigenvalue weighted by molar-refractivity contribution is -0.143. The van der Waals surface area contributed by atoms with Gasteiger partial charge in [-0.1, -0.05) is 36.4 Å². The van der Waals surface area contributed by atoms with Gasteiger partial charge in [0.25, 0.3) is 0 Å². The molecule has 1 fully saturated rings. The maximum atomic E-state index is 11.9. The first-order valence-corrected chi connectivity index (χ1v) is 13.4. The molecule has 0 atom stereocenters. The minimum Gasteiger partial charge on any atom is -0.490 e. The third-order valence-corrected chi connectivity index (χ3v) is 6.99. The molecular formula is C32H35NO4. The number of benzene rings is 3. The van der Waals surface area contributed by atoms with Crippen molar-refractivity contribution < 1.29 is 19.0 Å². The van der Waals surface area contributed by atoms with Crippen molar-refractivity contribution in [3.8, 4) is 11.4 Å². The van der Waals surface area contributed by atoms with Gasteiger partial charge in [0.1, 0.15) is 11.9 Å². The standard InChI is InChI=1S/C32H35NO4/c1-2-36-32(34)17-10-25-9-16-31-30(22-25)26(11-8-24-6-4-3-5-7-24)23-33(31)27-12-14-28(15-13-27)37-29-18-20-35-21-19-29/h3-7,9,12-16,22-23,29H,2,8,10-11,17-21H2,1H3. The monoisotopic (exact) mass is 497 g/mol. The molecule has 0 saturated carbocycles. The number of aromatic nitrogens is 1. The van der Waals surface area contributed by atoms with Crippen LogP contribution in [0.3, 0.4) is 0 Å². The summed E-state index contributed by atoms with van der Waals surface area (Å²) in [7, 11) is 0. The number of hydrogen-bond acceptors (Lipinski definition) is 4. The van der Waals surface area contributed by atoms with Gasteiger partial charge in [0.15, 0.2) is 0 Å². The van der Waals surface area contributed by atoms with Gasteiger partial charge in [0.2, 0.25) is 0 Å². The Balaban J connectivity index is 1.40. The highest BCUT2D eigenvalue weighted by Crippen LogP contribution is 2.29. The van der Waals surface area contributed by atoms with Crippen LogP contribution in [-0.2, 0) is 33.5 Å². The fourth-order valence-corrected chi connectivity index (χ4v) is 4.99. The van der Waals surface area contributed by atoms with Gasteiger partial charge in [-0.05, 0) is 79.3 Å². The molecule has 0 unspecified atom stereocenters. The molecule has 0 N–H and O–H groups in total. The summed E-state index contributed by atoms with van der Waals surface area (Å²) in [6, 6.07) is 25.5. The number of hydrogen-bond donors (Lipinski definition) is 0. The quantitative estimate of drug-likeness (QED) is 0.236. The van der Waals surface area contributed by atoms with E-state index in [1.807, 2.05) is 6.92 Å². The number of ether oxygens (including phenoxy) is 3. The van der Waals surface area contributed by atoms with Crippen LogP contribution in [0.2, 0.25) is 0 Å². The summed E-state index contributed by atoms with van der Waals surface area (Å²) in [6.07, 6.45) is 7.36. The highest BCUT2D eigenvalue weighted by Gasteiger charge is 2.16. The van der Waals surface area contributed by atoms with E-state index in [0.717, 1.165) is 55.9 Å². The molecule has 1 aliphatic heterocycles. The predicted molar refractivity (Wildman–Crippen MR) is 147 cm³/mol. The van der Waals surface area contributed by atoms with Gasteiger partial charge >= 0.3 is 5.97 Å². The van der Waals surface area contributed by atoms with Gasteiger partial charge in [-0.25, -0.2) is 0 Å². The molecule has 192 valence electrons. The maximum absolute atomic E-state index is 11.9. The summed E-state index contributed by atoms with van der Waals surface area (Å²) in [4.78, 5) is 11.9. The van der Waals surface area contributed by atoms with E-state index in [9.17, 15) is 4.79 Å². The highest BCUT2D eigenvalue weighted by atomic mass is 16.5. The first-order chi connectivity index (χ1) is 18.2. The molecule has 0 radical (unpaired) electrons. The fraction of sp³-hybridized carbons (Fsp3) is 0.344. The molecule has 5 nitrogen and oxygen atoms in total. The largest absolute Gasteiger partial charge is 0.490 e. The molecule has 0 aliphatic carbocycles. The molecule has 3 aromatic carbocycles. The average molecular weight is 498 g/mol. The highest BCUT2D eigenvalue weighted by molar-refractivity contribution is 5.86. The lowest BCUT2D eigenvalue weighted by Gasteiger charge is -2.23. The van der Waals surface area contributed by atoms with Crippen LogP contribution < -0.4 is 4.74 Å². The zero-order valence-electron chi connectivity index (χ0n) is 21.5. The van der Waals surface area contributed by atoms with E-state index < -0.39 is 0 Å². The van der Waals surface area contributed by atoms with Gasteiger partial charge in [-0.2, -0.15) is 0 Å². The Morgan fingerprint density at radius 1 is 0.919 bits per heavy atom. The number of nitrogens with zero attached hydrogens (tertiary/aromatic N) is 1. The Morgan fingerprint density at radius 3 is 2.46 bits per heavy atom. The van der Waals surface area contributed by atoms with E-state index in [2.05, 4.69) is 83.6 Å². The van der Waals surface area contributed by atoms with E-state index in [4.69, 9.17) is 14.2 Å². The van der Waals surface area contributed by atoms with Crippen LogP contribution >= 0.6 is 0 Å². The second kappa shape index (κ2) is 12.1. The minimum absolute atomic E-state index is 0.146. The van der Waals surface area contributed by atoms with Crippen molar-refractivity contribution in [3.63, 3.8) is 0 Å². The second-order valence-corrected chi connectivity index (χ2v) is 9.59. The summed E-state index contributed by atoms with van der Waals surface area (Å²) in [5.74, 6) is 0.755. The summed E-state index contributed by atoms with van der Waals surface area (Å²) < 4.78 is 19.0. The number of rotatable bonds is 10. The van der Waals surface area contributed by atoms with E-state index in [1.54, 1.807) is 0 Å². The normalized spacial score (nSPS) is 14.1. The molecule has 0 amide bonds. The molecule has 0 spiro atoms. The minimum atomic E-state index is -0.146. The number of carbonyl (C=O) groups is 1. The Bertz CT molecular complexity index is 1300. The molecule has 1 aliphatic rings. The Labute approximate surface area is 219 Å². The van der Waals surface area contributed by atoms with E-state index in [-0.39, 0.29) is 12.1 Å². The van der Waals surface area contributed by atoms with Crippen molar-refractivity contribution in [2.45, 2.75) is 51.6 Å². The summed E-state index contributed by atoms with van der Waals surface area (Å²) in [5, 5.41) is 1.24. The van der Waals surface area contributed by atoms with Gasteiger partial charge < -0.3 is 18.8 Å². The summed E-state index contributed by atoms with van der Waals surface area (Å²) >= 11 is 0. The first-order valence-electron chi connectivity index (χ1n) is 13.4. The van der Waals surface area contributed by atoms with Crippen LogP contribution in [0, 0.1) is 0 Å². The molecule has 1 saturated heterocycles. The van der Waals surface area contributed by atoms with E-state index in [1.165, 1.54) is 22.0 Å². The van der Waals surface area contributed by atoms with Gasteiger partial charge in [0, 0.05) is 36.5 Å². The van der Waals surface area contributed by atoms with Crippen molar-refractivity contribution in [2.75, 3.05) is 19.8 Å². The molecule has 0 bridgehead atoms. The molecule has 2 heterocycles. The fourth-order valence-electron chi connectivity index (χ4n) is 4.99. The van der Waals surface area contributed by atoms with Crippen LogP contribution in [0.1, 0.15) is 42.9 Å². The van der Waals surface area contributed by atoms with Crippen LogP contribution in [-0.4, -0.2) is 36.5 Å². The molecule has 5 rings (SSSR count). The summed E-state index contributed by atoms with van der Waals surface area (Å²) in [6.45, 7) is 3.80. The van der Waals surface area contributed by atoms with Gasteiger partial charge in [-0.15, -0.1) is 0 Å². The van der Waals surface area contributed by atoms with E-state index in [0.29, 0.717) is 19.4 Å². The molecule has 37 heavy (non-hydrogen) atoms. The topological polar surface area (TPSA) is 49.7 Å². The van der Waals surface area contributed by atoms with Gasteiger partial charge in [0.05, 0.1) is 25.3 Å². The van der Waals surface area contributed by atoms with Crippen LogP contribution in [0.15, 0.2) is 79.0 Å². The predicted octanol–water partition coefficient (Wildman–Crippen LogP) is 6.47. The van der Waals surface area contributed by atoms with Crippen molar-refractivity contribution in [1.82, 2.24) is 4.57 Å². The third kappa shape index (κ3) is 6.41. The van der Waals surface area contributed by atoms with Crippen molar-refractivity contribution in [1.29, 1.82) is 0 Å². The lowest BCUT2D eigenvalue weighted by Crippen LogP contribution is -2.25. The van der Waals surface area contributed by atoms with Crippen LogP contribution in [0.4, 0.5) is 0 Å².